The number of benzene rings is 2. The SMILES string of the molecule is CC(=O)/C(=C\c1ccccc1SCc1ccccc1)C(=O)OC(C)C. The summed E-state index contributed by atoms with van der Waals surface area (Å²) in [6.07, 6.45) is 1.36. The molecule has 0 aliphatic heterocycles. The van der Waals surface area contributed by atoms with Gasteiger partial charge in [0.1, 0.15) is 5.57 Å². The van der Waals surface area contributed by atoms with Gasteiger partial charge in [0.25, 0.3) is 0 Å². The standard InChI is InChI=1S/C21H22O3S/c1-15(2)24-21(23)19(16(3)22)13-18-11-7-8-12-20(18)25-14-17-9-5-4-6-10-17/h4-13,15H,14H2,1-3H3/b19-13+. The highest BCUT2D eigenvalue weighted by Crippen LogP contribution is 2.28. The van der Waals surface area contributed by atoms with Crippen molar-refractivity contribution >= 4 is 29.6 Å². The smallest absolute Gasteiger partial charge is 0.342 e. The largest absolute Gasteiger partial charge is 0.459 e. The number of ketones is 1. The number of rotatable bonds is 7. The van der Waals surface area contributed by atoms with E-state index in [0.29, 0.717) is 0 Å². The molecular formula is C21H22O3S. The molecule has 0 spiro atoms. The van der Waals surface area contributed by atoms with E-state index >= 15 is 0 Å². The lowest BCUT2D eigenvalue weighted by Crippen LogP contribution is -2.17. The van der Waals surface area contributed by atoms with Crippen LogP contribution in [0.4, 0.5) is 0 Å². The van der Waals surface area contributed by atoms with Crippen LogP contribution < -0.4 is 0 Å². The predicted molar refractivity (Wildman–Crippen MR) is 102 cm³/mol. The molecule has 2 rings (SSSR count). The summed E-state index contributed by atoms with van der Waals surface area (Å²) in [6.45, 7) is 4.91. The van der Waals surface area contributed by atoms with Crippen LogP contribution in [0, 0.1) is 0 Å². The second-order valence-corrected chi connectivity index (χ2v) is 6.90. The van der Waals surface area contributed by atoms with Crippen LogP contribution in [-0.4, -0.2) is 17.9 Å². The summed E-state index contributed by atoms with van der Waals surface area (Å²) in [6, 6.07) is 17.9. The Balaban J connectivity index is 2.25. The highest BCUT2D eigenvalue weighted by molar-refractivity contribution is 7.98. The van der Waals surface area contributed by atoms with Crippen molar-refractivity contribution in [3.8, 4) is 0 Å². The summed E-state index contributed by atoms with van der Waals surface area (Å²) < 4.78 is 5.18. The topological polar surface area (TPSA) is 43.4 Å². The van der Waals surface area contributed by atoms with E-state index in [9.17, 15) is 9.59 Å². The van der Waals surface area contributed by atoms with Gasteiger partial charge in [0.15, 0.2) is 5.78 Å². The Bertz CT molecular complexity index is 764. The molecule has 0 aromatic heterocycles. The first kappa shape index (κ1) is 19.0. The summed E-state index contributed by atoms with van der Waals surface area (Å²) in [5, 5.41) is 0. The van der Waals surface area contributed by atoms with E-state index in [1.54, 1.807) is 31.7 Å². The maximum Gasteiger partial charge on any atom is 0.342 e. The third-order valence-corrected chi connectivity index (χ3v) is 4.56. The molecule has 0 unspecified atom stereocenters. The molecule has 2 aromatic carbocycles. The summed E-state index contributed by atoms with van der Waals surface area (Å²) in [7, 11) is 0. The fraction of sp³-hybridized carbons (Fsp3) is 0.238. The molecule has 0 bridgehead atoms. The first-order chi connectivity index (χ1) is 12.0. The second-order valence-electron chi connectivity index (χ2n) is 5.88. The van der Waals surface area contributed by atoms with Crippen molar-refractivity contribution in [1.29, 1.82) is 0 Å². The number of Topliss-reactive ketones (excluding diaryl/α,β-unsaturated/α-hetero) is 1. The Labute approximate surface area is 153 Å². The molecule has 0 amide bonds. The van der Waals surface area contributed by atoms with Gasteiger partial charge in [-0.25, -0.2) is 4.79 Å². The summed E-state index contributed by atoms with van der Waals surface area (Å²) >= 11 is 1.67. The minimum Gasteiger partial charge on any atom is -0.459 e. The van der Waals surface area contributed by atoms with Crippen LogP contribution in [0.1, 0.15) is 31.9 Å². The van der Waals surface area contributed by atoms with E-state index in [1.165, 1.54) is 12.5 Å². The van der Waals surface area contributed by atoms with Crippen LogP contribution in [0.25, 0.3) is 6.08 Å². The van der Waals surface area contributed by atoms with Gasteiger partial charge in [-0.1, -0.05) is 48.5 Å². The van der Waals surface area contributed by atoms with Gasteiger partial charge in [0, 0.05) is 10.6 Å². The Morgan fingerprint density at radius 1 is 1.04 bits per heavy atom. The maximum atomic E-state index is 12.2. The van der Waals surface area contributed by atoms with Crippen LogP contribution in [-0.2, 0) is 20.1 Å². The fourth-order valence-electron chi connectivity index (χ4n) is 2.20. The lowest BCUT2D eigenvalue weighted by molar-refractivity contribution is -0.143. The van der Waals surface area contributed by atoms with E-state index in [1.807, 2.05) is 42.5 Å². The lowest BCUT2D eigenvalue weighted by atomic mass is 10.1. The number of ether oxygens (including phenoxy) is 1. The van der Waals surface area contributed by atoms with Crippen molar-refractivity contribution < 1.29 is 14.3 Å². The predicted octanol–water partition coefficient (Wildman–Crippen LogP) is 4.90. The van der Waals surface area contributed by atoms with E-state index < -0.39 is 5.97 Å². The molecule has 0 aliphatic rings. The van der Waals surface area contributed by atoms with Gasteiger partial charge in [-0.2, -0.15) is 0 Å². The Morgan fingerprint density at radius 3 is 2.32 bits per heavy atom. The van der Waals surface area contributed by atoms with Gasteiger partial charge in [0.05, 0.1) is 6.10 Å². The summed E-state index contributed by atoms with van der Waals surface area (Å²) in [5.74, 6) is -0.0590. The highest BCUT2D eigenvalue weighted by atomic mass is 32.2. The maximum absolute atomic E-state index is 12.2. The highest BCUT2D eigenvalue weighted by Gasteiger charge is 2.18. The summed E-state index contributed by atoms with van der Waals surface area (Å²) in [4.78, 5) is 25.1. The van der Waals surface area contributed by atoms with Crippen molar-refractivity contribution in [2.75, 3.05) is 0 Å². The molecule has 0 N–H and O–H groups in total. The van der Waals surface area contributed by atoms with Gasteiger partial charge in [-0.05, 0) is 44.0 Å². The molecule has 0 atom stereocenters. The quantitative estimate of drug-likeness (QED) is 0.233. The minimum absolute atomic E-state index is 0.0708. The number of hydrogen-bond acceptors (Lipinski definition) is 4. The Kier molecular flexibility index (Phi) is 7.02. The van der Waals surface area contributed by atoms with Gasteiger partial charge in [-0.3, -0.25) is 4.79 Å². The minimum atomic E-state index is -0.578. The third kappa shape index (κ3) is 5.91. The average molecular weight is 354 g/mol. The molecule has 0 heterocycles. The molecule has 0 radical (unpaired) electrons. The average Bonchev–Trinajstić information content (AvgIpc) is 2.58. The van der Waals surface area contributed by atoms with E-state index in [0.717, 1.165) is 16.2 Å². The van der Waals surface area contributed by atoms with Crippen molar-refractivity contribution in [2.45, 2.75) is 37.5 Å². The van der Waals surface area contributed by atoms with Crippen LogP contribution in [0.3, 0.4) is 0 Å². The molecule has 130 valence electrons. The van der Waals surface area contributed by atoms with E-state index in [-0.39, 0.29) is 17.5 Å². The third-order valence-electron chi connectivity index (χ3n) is 3.40. The molecule has 3 nitrogen and oxygen atoms in total. The molecule has 0 aliphatic carbocycles. The van der Waals surface area contributed by atoms with Crippen molar-refractivity contribution in [1.82, 2.24) is 0 Å². The monoisotopic (exact) mass is 354 g/mol. The zero-order valence-corrected chi connectivity index (χ0v) is 15.5. The van der Waals surface area contributed by atoms with Crippen molar-refractivity contribution in [3.05, 3.63) is 71.3 Å². The Morgan fingerprint density at radius 2 is 1.68 bits per heavy atom. The van der Waals surface area contributed by atoms with Crippen LogP contribution in [0.2, 0.25) is 0 Å². The molecule has 2 aromatic rings. The van der Waals surface area contributed by atoms with Gasteiger partial charge < -0.3 is 4.74 Å². The molecule has 0 saturated heterocycles. The number of carbonyl (C=O) groups excluding carboxylic acids is 2. The normalized spacial score (nSPS) is 11.4. The van der Waals surface area contributed by atoms with Crippen molar-refractivity contribution in [2.24, 2.45) is 0 Å². The van der Waals surface area contributed by atoms with Gasteiger partial charge >= 0.3 is 5.97 Å². The Hall–Kier alpha value is -2.33. The number of hydrogen-bond donors (Lipinski definition) is 0. The van der Waals surface area contributed by atoms with E-state index in [2.05, 4.69) is 12.1 Å². The second kappa shape index (κ2) is 9.23. The molecule has 0 saturated carbocycles. The zero-order valence-electron chi connectivity index (χ0n) is 14.7. The lowest BCUT2D eigenvalue weighted by Gasteiger charge is -2.10. The molecule has 0 fully saturated rings. The summed E-state index contributed by atoms with van der Waals surface area (Å²) in [5.41, 5.74) is 2.13. The number of carbonyl (C=O) groups is 2. The first-order valence-electron chi connectivity index (χ1n) is 8.16. The van der Waals surface area contributed by atoms with E-state index in [4.69, 9.17) is 4.74 Å². The van der Waals surface area contributed by atoms with Crippen LogP contribution >= 0.6 is 11.8 Å². The zero-order chi connectivity index (χ0) is 18.2. The fourth-order valence-corrected chi connectivity index (χ4v) is 3.19. The van der Waals surface area contributed by atoms with Gasteiger partial charge in [0.2, 0.25) is 0 Å². The van der Waals surface area contributed by atoms with Crippen LogP contribution in [0.5, 0.6) is 0 Å². The molecule has 4 heteroatoms. The first-order valence-corrected chi connectivity index (χ1v) is 9.15. The van der Waals surface area contributed by atoms with Crippen molar-refractivity contribution in [3.63, 3.8) is 0 Å². The van der Waals surface area contributed by atoms with Gasteiger partial charge in [-0.15, -0.1) is 11.8 Å². The number of esters is 1. The number of thioether (sulfide) groups is 1. The molecule has 25 heavy (non-hydrogen) atoms. The molecular weight excluding hydrogens is 332 g/mol. The van der Waals surface area contributed by atoms with Crippen LogP contribution in [0.15, 0.2) is 65.1 Å².